The zero-order valence-corrected chi connectivity index (χ0v) is 14.5. The van der Waals surface area contributed by atoms with Crippen molar-refractivity contribution in [3.63, 3.8) is 0 Å². The van der Waals surface area contributed by atoms with E-state index in [1.807, 2.05) is 24.3 Å². The van der Waals surface area contributed by atoms with Crippen LogP contribution >= 0.6 is 0 Å². The van der Waals surface area contributed by atoms with Crippen LogP contribution in [0.3, 0.4) is 0 Å². The van der Waals surface area contributed by atoms with Crippen molar-refractivity contribution >= 4 is 22.6 Å². The third-order valence-electron chi connectivity index (χ3n) is 5.20. The van der Waals surface area contributed by atoms with Crippen molar-refractivity contribution in [3.8, 4) is 0 Å². The number of fused-ring (bicyclic) bond motifs is 1. The van der Waals surface area contributed by atoms with Gasteiger partial charge in [-0.05, 0) is 43.0 Å². The van der Waals surface area contributed by atoms with E-state index in [0.29, 0.717) is 0 Å². The second kappa shape index (κ2) is 6.71. The Hall–Kier alpha value is -2.62. The minimum atomic E-state index is 0.144. The molecule has 1 aliphatic carbocycles. The Labute approximate surface area is 147 Å². The van der Waals surface area contributed by atoms with Gasteiger partial charge in [-0.15, -0.1) is 0 Å². The molecule has 2 aromatic carbocycles. The van der Waals surface area contributed by atoms with Crippen molar-refractivity contribution in [2.24, 2.45) is 13.0 Å². The van der Waals surface area contributed by atoms with Crippen LogP contribution in [-0.2, 0) is 24.7 Å². The molecular formula is C21H23N3O. The lowest BCUT2D eigenvalue weighted by Gasteiger charge is -2.24. The van der Waals surface area contributed by atoms with Crippen molar-refractivity contribution in [2.45, 2.75) is 32.1 Å². The van der Waals surface area contributed by atoms with Gasteiger partial charge in [0.1, 0.15) is 5.82 Å². The molecule has 1 N–H and O–H groups in total. The number of carbonyl (C=O) groups excluding carboxylic acids is 1. The molecule has 1 aromatic heterocycles. The molecule has 3 aromatic rings. The van der Waals surface area contributed by atoms with Crippen LogP contribution in [0.5, 0.6) is 0 Å². The van der Waals surface area contributed by atoms with E-state index in [1.165, 1.54) is 12.0 Å². The van der Waals surface area contributed by atoms with Gasteiger partial charge in [0, 0.05) is 25.1 Å². The van der Waals surface area contributed by atoms with Crippen molar-refractivity contribution in [2.75, 3.05) is 5.32 Å². The van der Waals surface area contributed by atoms with Crippen LogP contribution in [0, 0.1) is 5.92 Å². The van der Waals surface area contributed by atoms with Gasteiger partial charge < -0.3 is 9.88 Å². The number of aryl methyl sites for hydroxylation is 3. The number of nitrogens with one attached hydrogen (secondary N) is 1. The molecular weight excluding hydrogens is 310 g/mol. The van der Waals surface area contributed by atoms with E-state index >= 15 is 0 Å². The monoisotopic (exact) mass is 333 g/mol. The molecule has 0 unspecified atom stereocenters. The number of amides is 1. The fourth-order valence-electron chi connectivity index (χ4n) is 3.37. The van der Waals surface area contributed by atoms with Crippen molar-refractivity contribution in [3.05, 3.63) is 59.9 Å². The predicted molar refractivity (Wildman–Crippen MR) is 101 cm³/mol. The van der Waals surface area contributed by atoms with Crippen LogP contribution in [0.25, 0.3) is 11.0 Å². The maximum atomic E-state index is 12.1. The first-order valence-corrected chi connectivity index (χ1v) is 9.01. The normalized spacial score (nSPS) is 14.4. The third-order valence-corrected chi connectivity index (χ3v) is 5.20. The highest BCUT2D eigenvalue weighted by Gasteiger charge is 2.25. The van der Waals surface area contributed by atoms with Gasteiger partial charge in [0.05, 0.1) is 11.0 Å². The standard InChI is InChI=1S/C21H23N3O/c1-24-19-12-11-17(22-21(25)16-8-5-9-16)14-18(19)23-20(24)13-10-15-6-3-2-4-7-15/h2-4,6-7,11-12,14,16H,5,8-10,13H2,1H3,(H,22,25). The number of carbonyl (C=O) groups is 1. The molecule has 0 atom stereocenters. The molecule has 1 saturated carbocycles. The van der Waals surface area contributed by atoms with Crippen LogP contribution in [0.15, 0.2) is 48.5 Å². The summed E-state index contributed by atoms with van der Waals surface area (Å²) in [4.78, 5) is 16.9. The highest BCUT2D eigenvalue weighted by Crippen LogP contribution is 2.28. The second-order valence-corrected chi connectivity index (χ2v) is 6.89. The molecule has 4 rings (SSSR count). The van der Waals surface area contributed by atoms with Crippen LogP contribution in [-0.4, -0.2) is 15.5 Å². The first-order chi connectivity index (χ1) is 12.2. The summed E-state index contributed by atoms with van der Waals surface area (Å²) in [5.41, 5.74) is 4.21. The number of benzene rings is 2. The summed E-state index contributed by atoms with van der Waals surface area (Å²) in [6.45, 7) is 0. The SMILES string of the molecule is Cn1c(CCc2ccccc2)nc2cc(NC(=O)C3CCC3)ccc21. The number of hydrogen-bond acceptors (Lipinski definition) is 2. The van der Waals surface area contributed by atoms with E-state index in [4.69, 9.17) is 4.98 Å². The number of aromatic nitrogens is 2. The maximum Gasteiger partial charge on any atom is 0.227 e. The summed E-state index contributed by atoms with van der Waals surface area (Å²) in [6, 6.07) is 16.5. The van der Waals surface area contributed by atoms with Gasteiger partial charge >= 0.3 is 0 Å². The van der Waals surface area contributed by atoms with Gasteiger partial charge in [-0.3, -0.25) is 4.79 Å². The minimum absolute atomic E-state index is 0.144. The number of nitrogens with zero attached hydrogens (tertiary/aromatic N) is 2. The smallest absolute Gasteiger partial charge is 0.227 e. The molecule has 0 saturated heterocycles. The van der Waals surface area contributed by atoms with E-state index in [9.17, 15) is 4.79 Å². The summed E-state index contributed by atoms with van der Waals surface area (Å²) in [5.74, 6) is 1.41. The lowest BCUT2D eigenvalue weighted by molar-refractivity contribution is -0.122. The quantitative estimate of drug-likeness (QED) is 0.764. The van der Waals surface area contributed by atoms with E-state index in [1.54, 1.807) is 0 Å². The Bertz CT molecular complexity index is 894. The van der Waals surface area contributed by atoms with Gasteiger partial charge in [-0.2, -0.15) is 0 Å². The van der Waals surface area contributed by atoms with E-state index in [-0.39, 0.29) is 11.8 Å². The number of anilines is 1. The predicted octanol–water partition coefficient (Wildman–Crippen LogP) is 4.10. The largest absolute Gasteiger partial charge is 0.331 e. The molecule has 0 spiro atoms. The molecule has 1 amide bonds. The minimum Gasteiger partial charge on any atom is -0.331 e. The highest BCUT2D eigenvalue weighted by atomic mass is 16.1. The maximum absolute atomic E-state index is 12.1. The zero-order valence-electron chi connectivity index (χ0n) is 14.5. The van der Waals surface area contributed by atoms with E-state index in [0.717, 1.165) is 48.2 Å². The average molecular weight is 333 g/mol. The Morgan fingerprint density at radius 2 is 1.96 bits per heavy atom. The number of hydrogen-bond donors (Lipinski definition) is 1. The molecule has 128 valence electrons. The zero-order chi connectivity index (χ0) is 17.2. The Morgan fingerprint density at radius 1 is 1.16 bits per heavy atom. The number of rotatable bonds is 5. The molecule has 0 aliphatic heterocycles. The summed E-state index contributed by atoms with van der Waals surface area (Å²) in [7, 11) is 2.06. The summed E-state index contributed by atoms with van der Waals surface area (Å²) >= 11 is 0. The van der Waals surface area contributed by atoms with Crippen LogP contribution in [0.2, 0.25) is 0 Å². The van der Waals surface area contributed by atoms with Crippen molar-refractivity contribution in [1.82, 2.24) is 9.55 Å². The topological polar surface area (TPSA) is 46.9 Å². The Balaban J connectivity index is 1.51. The van der Waals surface area contributed by atoms with E-state index < -0.39 is 0 Å². The molecule has 25 heavy (non-hydrogen) atoms. The van der Waals surface area contributed by atoms with Crippen molar-refractivity contribution < 1.29 is 4.79 Å². The van der Waals surface area contributed by atoms with Gasteiger partial charge in [0.2, 0.25) is 5.91 Å². The fraction of sp³-hybridized carbons (Fsp3) is 0.333. The fourth-order valence-corrected chi connectivity index (χ4v) is 3.37. The molecule has 0 radical (unpaired) electrons. The lowest BCUT2D eigenvalue weighted by atomic mass is 9.85. The molecule has 4 nitrogen and oxygen atoms in total. The molecule has 1 aliphatic rings. The van der Waals surface area contributed by atoms with E-state index in [2.05, 4.69) is 41.2 Å². The summed E-state index contributed by atoms with van der Waals surface area (Å²) in [5, 5.41) is 3.03. The molecule has 4 heteroatoms. The summed E-state index contributed by atoms with van der Waals surface area (Å²) in [6.07, 6.45) is 5.08. The number of imidazole rings is 1. The molecule has 1 fully saturated rings. The first-order valence-electron chi connectivity index (χ1n) is 9.01. The van der Waals surface area contributed by atoms with Crippen LogP contribution in [0.4, 0.5) is 5.69 Å². The van der Waals surface area contributed by atoms with Crippen LogP contribution in [0.1, 0.15) is 30.7 Å². The summed E-state index contributed by atoms with van der Waals surface area (Å²) < 4.78 is 2.15. The van der Waals surface area contributed by atoms with Gasteiger partial charge in [0.15, 0.2) is 0 Å². The lowest BCUT2D eigenvalue weighted by Crippen LogP contribution is -2.27. The molecule has 0 bridgehead atoms. The van der Waals surface area contributed by atoms with Crippen LogP contribution < -0.4 is 5.32 Å². The van der Waals surface area contributed by atoms with Gasteiger partial charge in [0.25, 0.3) is 0 Å². The van der Waals surface area contributed by atoms with Gasteiger partial charge in [-0.1, -0.05) is 36.8 Å². The third kappa shape index (κ3) is 3.29. The van der Waals surface area contributed by atoms with Gasteiger partial charge in [-0.25, -0.2) is 4.98 Å². The average Bonchev–Trinajstić information content (AvgIpc) is 2.88. The first kappa shape index (κ1) is 15.9. The highest BCUT2D eigenvalue weighted by molar-refractivity contribution is 5.95. The Morgan fingerprint density at radius 3 is 2.68 bits per heavy atom. The van der Waals surface area contributed by atoms with Crippen molar-refractivity contribution in [1.29, 1.82) is 0 Å². The second-order valence-electron chi connectivity index (χ2n) is 6.89. The molecule has 1 heterocycles. The Kier molecular flexibility index (Phi) is 4.26.